The van der Waals surface area contributed by atoms with Crippen molar-refractivity contribution in [3.8, 4) is 0 Å². The van der Waals surface area contributed by atoms with E-state index in [1.54, 1.807) is 6.20 Å². The lowest BCUT2D eigenvalue weighted by molar-refractivity contribution is 0.615. The van der Waals surface area contributed by atoms with E-state index in [2.05, 4.69) is 34.3 Å². The first-order valence-electron chi connectivity index (χ1n) is 5.64. The third kappa shape index (κ3) is 2.49. The maximum atomic E-state index is 6.19. The van der Waals surface area contributed by atoms with Crippen LogP contribution in [-0.2, 0) is 0 Å². The molecular weight excluding hydrogens is 238 g/mol. The van der Waals surface area contributed by atoms with Gasteiger partial charge in [-0.15, -0.1) is 21.8 Å². The quantitative estimate of drug-likeness (QED) is 0.848. The molecule has 0 fully saturated rings. The largest absolute Gasteiger partial charge is 0.365 e. The van der Waals surface area contributed by atoms with Gasteiger partial charge < -0.3 is 5.32 Å². The van der Waals surface area contributed by atoms with Crippen molar-refractivity contribution in [1.29, 1.82) is 0 Å². The molecular formula is C11H16ClN5. The average Bonchev–Trinajstić information content (AvgIpc) is 2.69. The maximum Gasteiger partial charge on any atom is 0.203 e. The molecule has 5 nitrogen and oxygen atoms in total. The van der Waals surface area contributed by atoms with Crippen molar-refractivity contribution >= 4 is 23.1 Å². The molecule has 0 saturated heterocycles. The van der Waals surface area contributed by atoms with Crippen molar-refractivity contribution < 1.29 is 0 Å². The van der Waals surface area contributed by atoms with E-state index < -0.39 is 0 Å². The topological polar surface area (TPSA) is 55.1 Å². The molecule has 0 aliphatic carbocycles. The Hall–Kier alpha value is -1.36. The molecule has 0 bridgehead atoms. The summed E-state index contributed by atoms with van der Waals surface area (Å²) in [5.41, 5.74) is 0.734. The van der Waals surface area contributed by atoms with Gasteiger partial charge in [-0.3, -0.25) is 4.40 Å². The third-order valence-corrected chi connectivity index (χ3v) is 3.34. The van der Waals surface area contributed by atoms with Gasteiger partial charge in [-0.25, -0.2) is 4.98 Å². The lowest BCUT2D eigenvalue weighted by Crippen LogP contribution is -2.20. The number of nitrogens with zero attached hydrogens (tertiary/aromatic N) is 4. The number of anilines is 1. The fourth-order valence-electron chi connectivity index (χ4n) is 1.50. The van der Waals surface area contributed by atoms with Crippen molar-refractivity contribution in [2.75, 3.05) is 11.9 Å². The highest BCUT2D eigenvalue weighted by molar-refractivity contribution is 6.21. The van der Waals surface area contributed by atoms with Crippen LogP contribution in [0, 0.1) is 12.8 Å². The summed E-state index contributed by atoms with van der Waals surface area (Å²) < 4.78 is 1.90. The molecule has 0 saturated carbocycles. The van der Waals surface area contributed by atoms with Crippen LogP contribution in [0.25, 0.3) is 5.65 Å². The number of hydrogen-bond acceptors (Lipinski definition) is 4. The number of alkyl halides is 1. The highest BCUT2D eigenvalue weighted by Gasteiger charge is 2.12. The number of aromatic nitrogens is 4. The number of fused-ring (bicyclic) bond motifs is 1. The molecule has 1 atom stereocenters. The van der Waals surface area contributed by atoms with Crippen LogP contribution in [0.4, 0.5) is 5.82 Å². The van der Waals surface area contributed by atoms with Gasteiger partial charge in [0.1, 0.15) is 5.82 Å². The Kier molecular flexibility index (Phi) is 3.47. The van der Waals surface area contributed by atoms with Crippen molar-refractivity contribution in [2.45, 2.75) is 26.1 Å². The van der Waals surface area contributed by atoms with E-state index in [0.717, 1.165) is 17.3 Å². The maximum absolute atomic E-state index is 6.19. The van der Waals surface area contributed by atoms with Gasteiger partial charge in [0.2, 0.25) is 5.65 Å². The molecule has 1 unspecified atom stereocenters. The summed E-state index contributed by atoms with van der Waals surface area (Å²) in [4.78, 5) is 4.26. The van der Waals surface area contributed by atoms with E-state index in [4.69, 9.17) is 11.6 Å². The minimum atomic E-state index is 0.0704. The second kappa shape index (κ2) is 4.87. The van der Waals surface area contributed by atoms with Crippen molar-refractivity contribution in [3.63, 3.8) is 0 Å². The lowest BCUT2D eigenvalue weighted by Gasteiger charge is -2.14. The molecule has 6 heteroatoms. The monoisotopic (exact) mass is 253 g/mol. The lowest BCUT2D eigenvalue weighted by atomic mass is 10.1. The van der Waals surface area contributed by atoms with Gasteiger partial charge in [-0.05, 0) is 12.8 Å². The van der Waals surface area contributed by atoms with Crippen LogP contribution in [0.15, 0.2) is 12.4 Å². The van der Waals surface area contributed by atoms with Gasteiger partial charge in [-0.2, -0.15) is 0 Å². The number of halogens is 1. The van der Waals surface area contributed by atoms with Crippen LogP contribution in [0.2, 0.25) is 0 Å². The van der Waals surface area contributed by atoms with Gasteiger partial charge in [0.15, 0.2) is 5.82 Å². The molecule has 17 heavy (non-hydrogen) atoms. The molecule has 92 valence electrons. The summed E-state index contributed by atoms with van der Waals surface area (Å²) in [7, 11) is 0. The van der Waals surface area contributed by atoms with Crippen molar-refractivity contribution in [2.24, 2.45) is 5.92 Å². The zero-order valence-electron chi connectivity index (χ0n) is 10.2. The molecule has 0 aromatic carbocycles. The van der Waals surface area contributed by atoms with E-state index in [1.807, 2.05) is 17.5 Å². The number of aryl methyl sites for hydroxylation is 1. The summed E-state index contributed by atoms with van der Waals surface area (Å²) in [6.45, 7) is 6.75. The van der Waals surface area contributed by atoms with Crippen molar-refractivity contribution in [3.05, 3.63) is 18.2 Å². The Bertz CT molecular complexity index is 508. The zero-order chi connectivity index (χ0) is 12.4. The average molecular weight is 254 g/mol. The molecule has 2 heterocycles. The highest BCUT2D eigenvalue weighted by atomic mass is 35.5. The molecule has 0 spiro atoms. The van der Waals surface area contributed by atoms with E-state index in [-0.39, 0.29) is 5.38 Å². The molecule has 2 aromatic rings. The van der Waals surface area contributed by atoms with Crippen LogP contribution in [0.5, 0.6) is 0 Å². The second-order valence-electron chi connectivity index (χ2n) is 4.36. The van der Waals surface area contributed by atoms with E-state index in [1.165, 1.54) is 0 Å². The molecule has 0 amide bonds. The Labute approximate surface area is 105 Å². The number of rotatable bonds is 4. The summed E-state index contributed by atoms with van der Waals surface area (Å²) in [5, 5.41) is 11.4. The summed E-state index contributed by atoms with van der Waals surface area (Å²) in [6, 6.07) is 0. The fourth-order valence-corrected chi connectivity index (χ4v) is 1.57. The van der Waals surface area contributed by atoms with Crippen LogP contribution in [0.1, 0.15) is 19.7 Å². The predicted molar refractivity (Wildman–Crippen MR) is 68.5 cm³/mol. The standard InChI is InChI=1S/C11H16ClN5/c1-7(2)9(12)6-14-10-11-16-15-8(3)17(11)5-4-13-10/h4-5,7,9H,6H2,1-3H3,(H,13,14). The molecule has 1 N–H and O–H groups in total. The first-order chi connectivity index (χ1) is 8.09. The molecule has 2 aromatic heterocycles. The Balaban J connectivity index is 2.19. The SMILES string of the molecule is Cc1nnc2c(NCC(Cl)C(C)C)nccn12. The van der Waals surface area contributed by atoms with Gasteiger partial charge in [-0.1, -0.05) is 13.8 Å². The molecule has 0 radical (unpaired) electrons. The highest BCUT2D eigenvalue weighted by Crippen LogP contribution is 2.14. The first kappa shape index (κ1) is 12.1. The molecule has 2 rings (SSSR count). The van der Waals surface area contributed by atoms with E-state index in [0.29, 0.717) is 12.5 Å². The van der Waals surface area contributed by atoms with Gasteiger partial charge in [0.25, 0.3) is 0 Å². The smallest absolute Gasteiger partial charge is 0.203 e. The third-order valence-electron chi connectivity index (χ3n) is 2.69. The second-order valence-corrected chi connectivity index (χ2v) is 4.92. The normalized spacial score (nSPS) is 13.2. The summed E-state index contributed by atoms with van der Waals surface area (Å²) >= 11 is 6.19. The van der Waals surface area contributed by atoms with E-state index in [9.17, 15) is 0 Å². The fraction of sp³-hybridized carbons (Fsp3) is 0.545. The zero-order valence-corrected chi connectivity index (χ0v) is 10.9. The number of hydrogen-bond donors (Lipinski definition) is 1. The van der Waals surface area contributed by atoms with Crippen LogP contribution in [-0.4, -0.2) is 31.5 Å². The van der Waals surface area contributed by atoms with Crippen LogP contribution >= 0.6 is 11.6 Å². The predicted octanol–water partition coefficient (Wildman–Crippen LogP) is 2.11. The molecule has 0 aliphatic rings. The Morgan fingerprint density at radius 3 is 2.88 bits per heavy atom. The molecule has 0 aliphatic heterocycles. The van der Waals surface area contributed by atoms with Crippen LogP contribution < -0.4 is 5.32 Å². The minimum absolute atomic E-state index is 0.0704. The van der Waals surface area contributed by atoms with Crippen molar-refractivity contribution in [1.82, 2.24) is 19.6 Å². The Morgan fingerprint density at radius 2 is 2.18 bits per heavy atom. The van der Waals surface area contributed by atoms with Crippen LogP contribution in [0.3, 0.4) is 0 Å². The minimum Gasteiger partial charge on any atom is -0.365 e. The van der Waals surface area contributed by atoms with E-state index >= 15 is 0 Å². The van der Waals surface area contributed by atoms with Gasteiger partial charge in [0.05, 0.1) is 5.38 Å². The number of nitrogens with one attached hydrogen (secondary N) is 1. The van der Waals surface area contributed by atoms with Gasteiger partial charge in [0, 0.05) is 18.9 Å². The summed E-state index contributed by atoms with van der Waals surface area (Å²) in [6.07, 6.45) is 3.57. The first-order valence-corrected chi connectivity index (χ1v) is 6.07. The van der Waals surface area contributed by atoms with Gasteiger partial charge >= 0.3 is 0 Å². The Morgan fingerprint density at radius 1 is 1.41 bits per heavy atom. The summed E-state index contributed by atoms with van der Waals surface area (Å²) in [5.74, 6) is 1.99.